The fourth-order valence-electron chi connectivity index (χ4n) is 0.372. The van der Waals surface area contributed by atoms with Crippen LogP contribution in [0.25, 0.3) is 0 Å². The van der Waals surface area contributed by atoms with Crippen molar-refractivity contribution >= 4 is 0 Å². The van der Waals surface area contributed by atoms with E-state index in [1.807, 2.05) is 0 Å². The summed E-state index contributed by atoms with van der Waals surface area (Å²) in [5, 5.41) is 10.0. The normalized spacial score (nSPS) is 11.9. The van der Waals surface area contributed by atoms with Gasteiger partial charge in [0.1, 0.15) is 0 Å². The number of hydrogen-bond acceptors (Lipinski definition) is 3. The number of allylic oxidation sites excluding steroid dienone is 4. The Kier molecular flexibility index (Phi) is 3.66. The lowest BCUT2D eigenvalue weighted by molar-refractivity contribution is -0.424. The van der Waals surface area contributed by atoms with Crippen LogP contribution in [0.4, 0.5) is 0 Å². The van der Waals surface area contributed by atoms with E-state index in [9.17, 15) is 10.1 Å². The summed E-state index contributed by atoms with van der Waals surface area (Å²) in [7, 11) is 0. The van der Waals surface area contributed by atoms with Crippen LogP contribution >= 0.6 is 0 Å². The summed E-state index contributed by atoms with van der Waals surface area (Å²) < 4.78 is 0. The second kappa shape index (κ2) is 4.27. The van der Waals surface area contributed by atoms with Gasteiger partial charge < -0.3 is 5.73 Å². The molecule has 0 aromatic rings. The standard InChI is InChI=1S/C7H10N2O2/c1-6(8)4-3-5-7(2)9(10)11/h3-5H,1,8H2,2H3/b4-3-,7-5+. The first-order valence-corrected chi connectivity index (χ1v) is 2.98. The Balaban J connectivity index is 4.13. The van der Waals surface area contributed by atoms with Crippen molar-refractivity contribution < 1.29 is 4.92 Å². The highest BCUT2D eigenvalue weighted by atomic mass is 16.6. The minimum atomic E-state index is -0.469. The zero-order chi connectivity index (χ0) is 8.85. The van der Waals surface area contributed by atoms with Gasteiger partial charge in [0.25, 0.3) is 0 Å². The molecule has 0 unspecified atom stereocenters. The van der Waals surface area contributed by atoms with Gasteiger partial charge in [-0.1, -0.05) is 12.7 Å². The predicted octanol–water partition coefficient (Wildman–Crippen LogP) is 1.20. The molecule has 4 nitrogen and oxygen atoms in total. The van der Waals surface area contributed by atoms with Crippen LogP contribution in [0.5, 0.6) is 0 Å². The van der Waals surface area contributed by atoms with E-state index in [1.165, 1.54) is 25.2 Å². The van der Waals surface area contributed by atoms with Crippen LogP contribution in [0.15, 0.2) is 36.2 Å². The Hall–Kier alpha value is -1.58. The molecule has 0 rings (SSSR count). The quantitative estimate of drug-likeness (QED) is 0.377. The van der Waals surface area contributed by atoms with Gasteiger partial charge in [0.15, 0.2) is 0 Å². The lowest BCUT2D eigenvalue weighted by Gasteiger charge is -1.85. The second-order valence-corrected chi connectivity index (χ2v) is 2.00. The van der Waals surface area contributed by atoms with Crippen LogP contribution in [0.1, 0.15) is 6.92 Å². The molecule has 0 aliphatic rings. The average molecular weight is 154 g/mol. The van der Waals surface area contributed by atoms with E-state index in [-0.39, 0.29) is 5.70 Å². The van der Waals surface area contributed by atoms with Gasteiger partial charge in [0.2, 0.25) is 5.70 Å². The molecule has 0 heterocycles. The van der Waals surface area contributed by atoms with Crippen molar-refractivity contribution in [2.24, 2.45) is 5.73 Å². The van der Waals surface area contributed by atoms with Crippen molar-refractivity contribution in [2.75, 3.05) is 0 Å². The van der Waals surface area contributed by atoms with E-state index >= 15 is 0 Å². The van der Waals surface area contributed by atoms with E-state index in [0.717, 1.165) is 0 Å². The highest BCUT2D eigenvalue weighted by Crippen LogP contribution is 1.93. The van der Waals surface area contributed by atoms with Crippen LogP contribution in [-0.2, 0) is 0 Å². The molecule has 0 aliphatic carbocycles. The molecule has 4 heteroatoms. The van der Waals surface area contributed by atoms with E-state index < -0.39 is 4.92 Å². The first-order chi connectivity index (χ1) is 5.04. The van der Waals surface area contributed by atoms with Crippen molar-refractivity contribution in [1.82, 2.24) is 0 Å². The Morgan fingerprint density at radius 1 is 1.73 bits per heavy atom. The van der Waals surface area contributed by atoms with Gasteiger partial charge in [-0.15, -0.1) is 0 Å². The van der Waals surface area contributed by atoms with Crippen molar-refractivity contribution in [3.05, 3.63) is 46.3 Å². The Bertz CT molecular complexity index is 229. The third-order valence-corrected chi connectivity index (χ3v) is 0.936. The molecule has 60 valence electrons. The summed E-state index contributed by atoms with van der Waals surface area (Å²) in [5.41, 5.74) is 5.62. The Labute approximate surface area is 64.9 Å². The second-order valence-electron chi connectivity index (χ2n) is 2.00. The van der Waals surface area contributed by atoms with Crippen molar-refractivity contribution in [3.8, 4) is 0 Å². The van der Waals surface area contributed by atoms with Crippen LogP contribution in [0.2, 0.25) is 0 Å². The topological polar surface area (TPSA) is 69.2 Å². The van der Waals surface area contributed by atoms with Crippen molar-refractivity contribution in [2.45, 2.75) is 6.92 Å². The van der Waals surface area contributed by atoms with E-state index in [4.69, 9.17) is 5.73 Å². The Morgan fingerprint density at radius 2 is 2.27 bits per heavy atom. The molecule has 0 saturated carbocycles. The molecule has 0 fully saturated rings. The largest absolute Gasteiger partial charge is 0.399 e. The predicted molar refractivity (Wildman–Crippen MR) is 43.2 cm³/mol. The summed E-state index contributed by atoms with van der Waals surface area (Å²) in [4.78, 5) is 9.56. The summed E-state index contributed by atoms with van der Waals surface area (Å²) in [6.07, 6.45) is 4.34. The molecule has 2 N–H and O–H groups in total. The van der Waals surface area contributed by atoms with Crippen LogP contribution < -0.4 is 5.73 Å². The lowest BCUT2D eigenvalue weighted by Crippen LogP contribution is -1.92. The molecule has 0 atom stereocenters. The highest BCUT2D eigenvalue weighted by Gasteiger charge is 1.96. The van der Waals surface area contributed by atoms with Crippen LogP contribution in [-0.4, -0.2) is 4.92 Å². The zero-order valence-electron chi connectivity index (χ0n) is 6.28. The summed E-state index contributed by atoms with van der Waals surface area (Å²) >= 11 is 0. The molecular formula is C7H10N2O2. The maximum Gasteiger partial charge on any atom is 0.243 e. The first kappa shape index (κ1) is 9.42. The van der Waals surface area contributed by atoms with Gasteiger partial charge in [-0.25, -0.2) is 0 Å². The molecule has 0 saturated heterocycles. The summed E-state index contributed by atoms with van der Waals surface area (Å²) in [5.74, 6) is 0. The molecule has 0 radical (unpaired) electrons. The Morgan fingerprint density at radius 3 is 2.64 bits per heavy atom. The molecule has 0 bridgehead atoms. The SMILES string of the molecule is C=C(N)/C=C\C=C(/C)[N+](=O)[O-]. The molecule has 0 aliphatic heterocycles. The zero-order valence-corrected chi connectivity index (χ0v) is 6.28. The van der Waals surface area contributed by atoms with Gasteiger partial charge in [0, 0.05) is 18.7 Å². The third-order valence-electron chi connectivity index (χ3n) is 0.936. The fourth-order valence-corrected chi connectivity index (χ4v) is 0.372. The van der Waals surface area contributed by atoms with Crippen LogP contribution in [0, 0.1) is 10.1 Å². The number of nitrogens with two attached hydrogens (primary N) is 1. The fraction of sp³-hybridized carbons (Fsp3) is 0.143. The third kappa shape index (κ3) is 4.90. The van der Waals surface area contributed by atoms with Gasteiger partial charge in [-0.05, 0) is 6.08 Å². The molecule has 0 amide bonds. The van der Waals surface area contributed by atoms with Gasteiger partial charge in [-0.3, -0.25) is 10.1 Å². The number of nitro groups is 1. The maximum absolute atomic E-state index is 10.0. The molecule has 0 spiro atoms. The summed E-state index contributed by atoms with van der Waals surface area (Å²) in [6, 6.07) is 0. The number of rotatable bonds is 3. The van der Waals surface area contributed by atoms with Crippen LogP contribution in [0.3, 0.4) is 0 Å². The maximum atomic E-state index is 10.0. The van der Waals surface area contributed by atoms with Crippen molar-refractivity contribution in [3.63, 3.8) is 0 Å². The van der Waals surface area contributed by atoms with E-state index in [1.54, 1.807) is 0 Å². The van der Waals surface area contributed by atoms with Gasteiger partial charge in [0.05, 0.1) is 4.92 Å². The molecular weight excluding hydrogens is 144 g/mol. The molecule has 0 aromatic carbocycles. The first-order valence-electron chi connectivity index (χ1n) is 2.98. The van der Waals surface area contributed by atoms with Gasteiger partial charge in [-0.2, -0.15) is 0 Å². The van der Waals surface area contributed by atoms with E-state index in [2.05, 4.69) is 6.58 Å². The minimum absolute atomic E-state index is 0.0718. The highest BCUT2D eigenvalue weighted by molar-refractivity contribution is 5.16. The molecule has 0 aromatic heterocycles. The lowest BCUT2D eigenvalue weighted by atomic mass is 10.3. The summed E-state index contributed by atoms with van der Waals surface area (Å²) in [6.45, 7) is 4.80. The number of hydrogen-bond donors (Lipinski definition) is 1. The van der Waals surface area contributed by atoms with E-state index in [0.29, 0.717) is 5.70 Å². The monoisotopic (exact) mass is 154 g/mol. The van der Waals surface area contributed by atoms with Gasteiger partial charge >= 0.3 is 0 Å². The average Bonchev–Trinajstić information content (AvgIpc) is 1.86. The molecule has 11 heavy (non-hydrogen) atoms. The van der Waals surface area contributed by atoms with Crippen molar-refractivity contribution in [1.29, 1.82) is 0 Å². The minimum Gasteiger partial charge on any atom is -0.399 e. The smallest absolute Gasteiger partial charge is 0.243 e. The number of nitrogens with zero attached hydrogens (tertiary/aromatic N) is 1.